The summed E-state index contributed by atoms with van der Waals surface area (Å²) in [6, 6.07) is 5.29. The Balaban J connectivity index is 1.98. The molecule has 9 heteroatoms. The van der Waals surface area contributed by atoms with Crippen LogP contribution in [0.25, 0.3) is 0 Å². The molecule has 0 radical (unpaired) electrons. The molecule has 0 spiro atoms. The van der Waals surface area contributed by atoms with Crippen molar-refractivity contribution in [3.8, 4) is 0 Å². The Hall–Kier alpha value is -1.12. The van der Waals surface area contributed by atoms with Gasteiger partial charge in [-0.3, -0.25) is 4.79 Å². The summed E-state index contributed by atoms with van der Waals surface area (Å²) in [6.07, 6.45) is 0. The van der Waals surface area contributed by atoms with Crippen LogP contribution in [0.2, 0.25) is 5.02 Å². The fourth-order valence-electron chi connectivity index (χ4n) is 1.60. The Kier molecular flexibility index (Phi) is 5.46. The van der Waals surface area contributed by atoms with Gasteiger partial charge >= 0.3 is 0 Å². The highest BCUT2D eigenvalue weighted by molar-refractivity contribution is 9.10. The lowest BCUT2D eigenvalue weighted by Gasteiger charge is -2.19. The molecule has 1 aromatic carbocycles. The van der Waals surface area contributed by atoms with E-state index >= 15 is 0 Å². The van der Waals surface area contributed by atoms with Gasteiger partial charge in [-0.2, -0.15) is 0 Å². The van der Waals surface area contributed by atoms with Crippen LogP contribution in [0.3, 0.4) is 0 Å². The third-order valence-electron chi connectivity index (χ3n) is 2.61. The number of thioether (sulfide) groups is 1. The number of aromatic nitrogens is 4. The molecule has 0 fully saturated rings. The van der Waals surface area contributed by atoms with Crippen LogP contribution >= 0.6 is 39.3 Å². The summed E-state index contributed by atoms with van der Waals surface area (Å²) in [6.45, 7) is 5.99. The van der Waals surface area contributed by atoms with Crippen LogP contribution in [-0.4, -0.2) is 31.9 Å². The molecule has 1 amide bonds. The molecule has 0 saturated heterocycles. The number of halogens is 2. The topological polar surface area (TPSA) is 72.7 Å². The Morgan fingerprint density at radius 3 is 2.82 bits per heavy atom. The molecular formula is C13H15BrClN5OS. The number of amides is 1. The molecule has 0 aliphatic carbocycles. The van der Waals surface area contributed by atoms with E-state index in [1.54, 1.807) is 16.8 Å². The van der Waals surface area contributed by atoms with Gasteiger partial charge in [-0.05, 0) is 49.4 Å². The molecule has 1 aromatic heterocycles. The first-order valence-corrected chi connectivity index (χ1v) is 8.59. The van der Waals surface area contributed by atoms with Crippen molar-refractivity contribution in [2.24, 2.45) is 0 Å². The standard InChI is InChI=1S/C13H15BrClN5OS/c1-13(2,3)20-12(17-18-19-20)22-7-11(21)16-10-5-4-8(14)6-9(10)15/h4-6H,7H2,1-3H3,(H,16,21). The summed E-state index contributed by atoms with van der Waals surface area (Å²) in [7, 11) is 0. The quantitative estimate of drug-likeness (QED) is 0.789. The number of tetrazole rings is 1. The highest BCUT2D eigenvalue weighted by Crippen LogP contribution is 2.26. The van der Waals surface area contributed by atoms with Gasteiger partial charge in [0.2, 0.25) is 11.1 Å². The monoisotopic (exact) mass is 403 g/mol. The van der Waals surface area contributed by atoms with Crippen molar-refractivity contribution in [2.75, 3.05) is 11.1 Å². The molecule has 6 nitrogen and oxygen atoms in total. The van der Waals surface area contributed by atoms with E-state index in [1.165, 1.54) is 11.8 Å². The predicted octanol–water partition coefficient (Wildman–Crippen LogP) is 3.57. The van der Waals surface area contributed by atoms with Crippen LogP contribution in [0.4, 0.5) is 5.69 Å². The molecule has 1 heterocycles. The zero-order valence-corrected chi connectivity index (χ0v) is 15.5. The molecular weight excluding hydrogens is 390 g/mol. The molecule has 2 rings (SSSR count). The first-order chi connectivity index (χ1) is 10.3. The van der Waals surface area contributed by atoms with Crippen LogP contribution in [0.15, 0.2) is 27.8 Å². The van der Waals surface area contributed by atoms with E-state index in [9.17, 15) is 4.79 Å². The van der Waals surface area contributed by atoms with Crippen LogP contribution < -0.4 is 5.32 Å². The number of carbonyl (C=O) groups excluding carboxylic acids is 1. The van der Waals surface area contributed by atoms with E-state index in [0.29, 0.717) is 15.9 Å². The van der Waals surface area contributed by atoms with Crippen LogP contribution in [-0.2, 0) is 10.3 Å². The third-order valence-corrected chi connectivity index (χ3v) is 4.34. The number of benzene rings is 1. The van der Waals surface area contributed by atoms with Gasteiger partial charge in [-0.1, -0.05) is 39.3 Å². The zero-order valence-electron chi connectivity index (χ0n) is 12.3. The molecule has 0 aliphatic rings. The molecule has 1 N–H and O–H groups in total. The second-order valence-electron chi connectivity index (χ2n) is 5.51. The Morgan fingerprint density at radius 1 is 1.45 bits per heavy atom. The minimum Gasteiger partial charge on any atom is -0.324 e. The summed E-state index contributed by atoms with van der Waals surface area (Å²) in [4.78, 5) is 12.0. The first kappa shape index (κ1) is 17.2. The van der Waals surface area contributed by atoms with Crippen molar-refractivity contribution >= 4 is 50.9 Å². The smallest absolute Gasteiger partial charge is 0.234 e. The largest absolute Gasteiger partial charge is 0.324 e. The van der Waals surface area contributed by atoms with Crippen molar-refractivity contribution in [3.05, 3.63) is 27.7 Å². The minimum atomic E-state index is -0.239. The number of hydrogen-bond acceptors (Lipinski definition) is 5. The zero-order chi connectivity index (χ0) is 16.3. The van der Waals surface area contributed by atoms with Crippen molar-refractivity contribution in [3.63, 3.8) is 0 Å². The van der Waals surface area contributed by atoms with Gasteiger partial charge in [-0.15, -0.1) is 5.10 Å². The van der Waals surface area contributed by atoms with E-state index in [1.807, 2.05) is 26.8 Å². The van der Waals surface area contributed by atoms with E-state index in [-0.39, 0.29) is 17.2 Å². The summed E-state index contributed by atoms with van der Waals surface area (Å²) >= 11 is 10.7. The van der Waals surface area contributed by atoms with Gasteiger partial charge in [0.15, 0.2) is 0 Å². The molecule has 118 valence electrons. The van der Waals surface area contributed by atoms with Gasteiger partial charge in [0.05, 0.1) is 22.0 Å². The van der Waals surface area contributed by atoms with E-state index in [0.717, 1.165) is 4.47 Å². The summed E-state index contributed by atoms with van der Waals surface area (Å²) in [5, 5.41) is 15.4. The summed E-state index contributed by atoms with van der Waals surface area (Å²) < 4.78 is 2.55. The molecule has 0 unspecified atom stereocenters. The number of anilines is 1. The van der Waals surface area contributed by atoms with Gasteiger partial charge in [0.1, 0.15) is 0 Å². The minimum absolute atomic E-state index is 0.169. The normalized spacial score (nSPS) is 11.5. The van der Waals surface area contributed by atoms with Gasteiger partial charge in [-0.25, -0.2) is 4.68 Å². The first-order valence-electron chi connectivity index (χ1n) is 6.44. The Morgan fingerprint density at radius 2 is 2.18 bits per heavy atom. The molecule has 0 aliphatic heterocycles. The maximum absolute atomic E-state index is 12.0. The van der Waals surface area contributed by atoms with E-state index in [4.69, 9.17) is 11.6 Å². The average Bonchev–Trinajstić information content (AvgIpc) is 2.88. The third kappa shape index (κ3) is 4.44. The Bertz CT molecular complexity index is 685. The van der Waals surface area contributed by atoms with E-state index in [2.05, 4.69) is 36.8 Å². The highest BCUT2D eigenvalue weighted by Gasteiger charge is 2.20. The maximum atomic E-state index is 12.0. The molecule has 0 atom stereocenters. The molecule has 0 saturated carbocycles. The lowest BCUT2D eigenvalue weighted by atomic mass is 10.1. The van der Waals surface area contributed by atoms with Crippen molar-refractivity contribution in [1.82, 2.24) is 20.2 Å². The second kappa shape index (κ2) is 6.97. The van der Waals surface area contributed by atoms with E-state index < -0.39 is 0 Å². The van der Waals surface area contributed by atoms with Gasteiger partial charge in [0.25, 0.3) is 0 Å². The van der Waals surface area contributed by atoms with Crippen LogP contribution in [0.5, 0.6) is 0 Å². The average molecular weight is 405 g/mol. The SMILES string of the molecule is CC(C)(C)n1nnnc1SCC(=O)Nc1ccc(Br)cc1Cl. The number of nitrogens with zero attached hydrogens (tertiary/aromatic N) is 4. The number of nitrogens with one attached hydrogen (secondary N) is 1. The number of hydrogen-bond donors (Lipinski definition) is 1. The fourth-order valence-corrected chi connectivity index (χ4v) is 3.18. The lowest BCUT2D eigenvalue weighted by molar-refractivity contribution is -0.113. The van der Waals surface area contributed by atoms with Crippen molar-refractivity contribution in [2.45, 2.75) is 31.5 Å². The van der Waals surface area contributed by atoms with Gasteiger partial charge in [0, 0.05) is 4.47 Å². The Labute approximate surface area is 146 Å². The summed E-state index contributed by atoms with van der Waals surface area (Å²) in [5.74, 6) is 0.0285. The number of rotatable bonds is 4. The fraction of sp³-hybridized carbons (Fsp3) is 0.385. The van der Waals surface area contributed by atoms with Crippen LogP contribution in [0, 0.1) is 0 Å². The highest BCUT2D eigenvalue weighted by atomic mass is 79.9. The van der Waals surface area contributed by atoms with Crippen molar-refractivity contribution < 1.29 is 4.79 Å². The van der Waals surface area contributed by atoms with Crippen molar-refractivity contribution in [1.29, 1.82) is 0 Å². The summed E-state index contributed by atoms with van der Waals surface area (Å²) in [5.41, 5.74) is 0.336. The molecule has 22 heavy (non-hydrogen) atoms. The van der Waals surface area contributed by atoms with Gasteiger partial charge < -0.3 is 5.32 Å². The predicted molar refractivity (Wildman–Crippen MR) is 91.3 cm³/mol. The molecule has 2 aromatic rings. The lowest BCUT2D eigenvalue weighted by Crippen LogP contribution is -2.24. The maximum Gasteiger partial charge on any atom is 0.234 e. The second-order valence-corrected chi connectivity index (χ2v) is 7.77. The van der Waals surface area contributed by atoms with Crippen LogP contribution in [0.1, 0.15) is 20.8 Å². The molecule has 0 bridgehead atoms. The number of carbonyl (C=O) groups is 1.